The summed E-state index contributed by atoms with van der Waals surface area (Å²) in [6.07, 6.45) is 5.31. The van der Waals surface area contributed by atoms with E-state index in [1.807, 2.05) is 21.9 Å². The lowest BCUT2D eigenvalue weighted by Gasteiger charge is -2.31. The number of nitrogens with one attached hydrogen (secondary N) is 1. The van der Waals surface area contributed by atoms with Crippen molar-refractivity contribution >= 4 is 22.7 Å². The van der Waals surface area contributed by atoms with Crippen LogP contribution in [0.2, 0.25) is 0 Å². The van der Waals surface area contributed by atoms with E-state index in [-0.39, 0.29) is 24.0 Å². The third-order valence-electron chi connectivity index (χ3n) is 9.69. The van der Waals surface area contributed by atoms with Crippen LogP contribution in [0.5, 0.6) is 5.75 Å². The fourth-order valence-electron chi connectivity index (χ4n) is 7.28. The van der Waals surface area contributed by atoms with Gasteiger partial charge in [-0.1, -0.05) is 12.1 Å². The number of amides is 2. The lowest BCUT2D eigenvalue weighted by atomic mass is 9.92. The van der Waals surface area contributed by atoms with E-state index >= 15 is 0 Å². The number of hydrogen-bond donors (Lipinski definition) is 1. The fraction of sp³-hybridized carbons (Fsp3) is 0.500. The van der Waals surface area contributed by atoms with Gasteiger partial charge in [0.05, 0.1) is 5.52 Å². The number of rotatable bonds is 6. The predicted molar refractivity (Wildman–Crippen MR) is 162 cm³/mol. The minimum absolute atomic E-state index is 0.151. The minimum Gasteiger partial charge on any atom is -0.489 e. The second-order valence-corrected chi connectivity index (χ2v) is 12.6. The van der Waals surface area contributed by atoms with Crippen molar-refractivity contribution in [3.63, 3.8) is 0 Å². The van der Waals surface area contributed by atoms with Gasteiger partial charge >= 0.3 is 0 Å². The molecule has 3 aromatic rings. The maximum absolute atomic E-state index is 13.0. The molecule has 7 rings (SSSR count). The first kappa shape index (κ1) is 27.3. The Hall–Kier alpha value is -3.49. The fourth-order valence-corrected chi connectivity index (χ4v) is 7.28. The Morgan fingerprint density at radius 1 is 1.02 bits per heavy atom. The van der Waals surface area contributed by atoms with Gasteiger partial charge in [0, 0.05) is 81.3 Å². The number of carbonyl (C=O) groups excluding carboxylic acids is 2. The zero-order valence-corrected chi connectivity index (χ0v) is 24.6. The molecule has 0 spiro atoms. The van der Waals surface area contributed by atoms with Crippen molar-refractivity contribution in [1.82, 2.24) is 25.0 Å². The van der Waals surface area contributed by atoms with E-state index in [9.17, 15) is 9.59 Å². The van der Waals surface area contributed by atoms with Crippen molar-refractivity contribution in [2.75, 3.05) is 39.3 Å². The maximum atomic E-state index is 13.0. The molecule has 0 unspecified atom stereocenters. The number of likely N-dealkylation sites (tertiary alicyclic amines) is 2. The molecule has 1 N–H and O–H groups in total. The van der Waals surface area contributed by atoms with Crippen LogP contribution in [0, 0.1) is 0 Å². The molecule has 4 aliphatic heterocycles. The van der Waals surface area contributed by atoms with Gasteiger partial charge in [0.1, 0.15) is 11.9 Å². The van der Waals surface area contributed by atoms with Crippen molar-refractivity contribution in [2.45, 2.75) is 70.2 Å². The molecule has 42 heavy (non-hydrogen) atoms. The van der Waals surface area contributed by atoms with Crippen LogP contribution in [0.4, 0.5) is 0 Å². The number of nitrogens with zero attached hydrogens (tertiary/aromatic N) is 4. The molecule has 2 aromatic carbocycles. The highest BCUT2D eigenvalue weighted by Crippen LogP contribution is 2.32. The first-order chi connectivity index (χ1) is 20.5. The predicted octanol–water partition coefficient (Wildman–Crippen LogP) is 4.32. The van der Waals surface area contributed by atoms with Crippen molar-refractivity contribution in [3.8, 4) is 5.75 Å². The van der Waals surface area contributed by atoms with Gasteiger partial charge in [0.15, 0.2) is 0 Å². The van der Waals surface area contributed by atoms with Gasteiger partial charge in [0.2, 0.25) is 5.91 Å². The van der Waals surface area contributed by atoms with Gasteiger partial charge in [0.25, 0.3) is 5.91 Å². The van der Waals surface area contributed by atoms with Crippen LogP contribution in [0.25, 0.3) is 10.9 Å². The third kappa shape index (κ3) is 5.62. The first-order valence-corrected chi connectivity index (χ1v) is 15.7. The average molecular weight is 568 g/mol. The molecule has 3 fully saturated rings. The number of benzene rings is 2. The quantitative estimate of drug-likeness (QED) is 0.478. The van der Waals surface area contributed by atoms with Gasteiger partial charge < -0.3 is 19.9 Å². The van der Waals surface area contributed by atoms with Crippen molar-refractivity contribution in [3.05, 3.63) is 70.9 Å². The molecule has 0 aliphatic carbocycles. The average Bonchev–Trinajstić information content (AvgIpc) is 3.60. The van der Waals surface area contributed by atoms with Crippen LogP contribution < -0.4 is 10.1 Å². The van der Waals surface area contributed by atoms with Crippen molar-refractivity contribution in [2.24, 2.45) is 0 Å². The highest BCUT2D eigenvalue weighted by Gasteiger charge is 2.34. The zero-order valence-electron chi connectivity index (χ0n) is 24.6. The summed E-state index contributed by atoms with van der Waals surface area (Å²) in [5, 5.41) is 4.61. The number of carbonyl (C=O) groups is 2. The normalized spacial score (nSPS) is 23.5. The van der Waals surface area contributed by atoms with E-state index in [1.165, 1.54) is 10.9 Å². The van der Waals surface area contributed by atoms with Crippen LogP contribution >= 0.6 is 0 Å². The SMILES string of the molecule is CC(=O)N1CCC(c2ccc3cc(CN4CC[C@H](Oc5ccc6c(c5)CN([C@H]5CCCNC5)C6=O)C4)ccc3n2)CC1. The Kier molecular flexibility index (Phi) is 7.59. The molecular formula is C34H41N5O3. The molecule has 0 bridgehead atoms. The standard InChI is InChI=1S/C34H41N5O3/c1-23(40)38-15-10-25(11-16-38)32-9-5-26-17-24(4-8-33(26)36-32)20-37-14-12-30(22-37)42-29-6-7-31-27(18-29)21-39(34(31)41)28-3-2-13-35-19-28/h4-9,17-18,25,28,30,35H,2-3,10-16,19-22H2,1H3/t28-,30-/m0/s1. The highest BCUT2D eigenvalue weighted by atomic mass is 16.5. The zero-order chi connectivity index (χ0) is 28.6. The molecule has 0 saturated carbocycles. The molecular weight excluding hydrogens is 526 g/mol. The maximum Gasteiger partial charge on any atom is 0.254 e. The summed E-state index contributed by atoms with van der Waals surface area (Å²) < 4.78 is 6.43. The molecule has 3 saturated heterocycles. The second-order valence-electron chi connectivity index (χ2n) is 12.6. The summed E-state index contributed by atoms with van der Waals surface area (Å²) >= 11 is 0. The van der Waals surface area contributed by atoms with Gasteiger partial charge in [-0.2, -0.15) is 0 Å². The van der Waals surface area contributed by atoms with E-state index in [0.29, 0.717) is 12.5 Å². The first-order valence-electron chi connectivity index (χ1n) is 15.7. The molecule has 2 amide bonds. The van der Waals surface area contributed by atoms with Crippen LogP contribution in [-0.2, 0) is 17.9 Å². The summed E-state index contributed by atoms with van der Waals surface area (Å²) in [5.41, 5.74) is 5.40. The van der Waals surface area contributed by atoms with E-state index in [1.54, 1.807) is 6.92 Å². The summed E-state index contributed by atoms with van der Waals surface area (Å²) in [6, 6.07) is 17.3. The summed E-state index contributed by atoms with van der Waals surface area (Å²) in [4.78, 5) is 36.1. The van der Waals surface area contributed by atoms with Crippen LogP contribution in [0.15, 0.2) is 48.5 Å². The summed E-state index contributed by atoms with van der Waals surface area (Å²) in [5.74, 6) is 1.62. The Balaban J connectivity index is 0.940. The number of hydrogen-bond acceptors (Lipinski definition) is 6. The molecule has 8 nitrogen and oxygen atoms in total. The second kappa shape index (κ2) is 11.7. The molecule has 4 aliphatic rings. The van der Waals surface area contributed by atoms with Crippen molar-refractivity contribution in [1.29, 1.82) is 0 Å². The summed E-state index contributed by atoms with van der Waals surface area (Å²) in [6.45, 7) is 8.71. The molecule has 8 heteroatoms. The minimum atomic E-state index is 0.151. The van der Waals surface area contributed by atoms with Gasteiger partial charge in [-0.15, -0.1) is 0 Å². The van der Waals surface area contributed by atoms with Gasteiger partial charge in [-0.3, -0.25) is 19.5 Å². The number of pyridine rings is 1. The van der Waals surface area contributed by atoms with Crippen LogP contribution in [0.3, 0.4) is 0 Å². The Labute approximate surface area is 248 Å². The summed E-state index contributed by atoms with van der Waals surface area (Å²) in [7, 11) is 0. The third-order valence-corrected chi connectivity index (χ3v) is 9.69. The van der Waals surface area contributed by atoms with E-state index in [2.05, 4.69) is 46.6 Å². The number of aromatic nitrogens is 1. The van der Waals surface area contributed by atoms with Gasteiger partial charge in [-0.25, -0.2) is 0 Å². The highest BCUT2D eigenvalue weighted by molar-refractivity contribution is 5.98. The molecule has 0 radical (unpaired) electrons. The number of ether oxygens (including phenoxy) is 1. The largest absolute Gasteiger partial charge is 0.489 e. The molecule has 1 aromatic heterocycles. The molecule has 220 valence electrons. The Morgan fingerprint density at radius 3 is 2.71 bits per heavy atom. The molecule has 5 heterocycles. The van der Waals surface area contributed by atoms with E-state index in [0.717, 1.165) is 106 Å². The van der Waals surface area contributed by atoms with Crippen molar-refractivity contribution < 1.29 is 14.3 Å². The van der Waals surface area contributed by atoms with E-state index in [4.69, 9.17) is 9.72 Å². The van der Waals surface area contributed by atoms with Gasteiger partial charge in [-0.05, 0) is 86.2 Å². The lowest BCUT2D eigenvalue weighted by molar-refractivity contribution is -0.129. The Bertz CT molecular complexity index is 1480. The Morgan fingerprint density at radius 2 is 1.90 bits per heavy atom. The monoisotopic (exact) mass is 567 g/mol. The van der Waals surface area contributed by atoms with Crippen LogP contribution in [0.1, 0.15) is 72.1 Å². The smallest absolute Gasteiger partial charge is 0.254 e. The number of piperidine rings is 2. The van der Waals surface area contributed by atoms with Crippen LogP contribution in [-0.4, -0.2) is 82.9 Å². The molecule has 2 atom stereocenters. The lowest BCUT2D eigenvalue weighted by Crippen LogP contribution is -2.46. The number of fused-ring (bicyclic) bond motifs is 2. The topological polar surface area (TPSA) is 78.0 Å². The van der Waals surface area contributed by atoms with E-state index < -0.39 is 0 Å².